The molecule has 0 spiro atoms. The van der Waals surface area contributed by atoms with Gasteiger partial charge >= 0.3 is 0 Å². The lowest BCUT2D eigenvalue weighted by Crippen LogP contribution is -2.27. The highest BCUT2D eigenvalue weighted by Crippen LogP contribution is 2.22. The minimum Gasteiger partial charge on any atom is -0.383 e. The summed E-state index contributed by atoms with van der Waals surface area (Å²) in [6, 6.07) is 5.53. The molecule has 0 amide bonds. The summed E-state index contributed by atoms with van der Waals surface area (Å²) in [7, 11) is 1.63. The standard InChI is InChI=1S/C10H13Cl2NO/c1-14-6-8(13)4-7-2-3-9(11)10(12)5-7/h2-3,5,8H,4,6,13H2,1H3. The molecule has 0 aliphatic heterocycles. The Morgan fingerprint density at radius 2 is 2.07 bits per heavy atom. The summed E-state index contributed by atoms with van der Waals surface area (Å²) in [5.74, 6) is 0. The van der Waals surface area contributed by atoms with E-state index >= 15 is 0 Å². The SMILES string of the molecule is COCC(N)Cc1ccc(Cl)c(Cl)c1. The second kappa shape index (κ2) is 5.56. The van der Waals surface area contributed by atoms with Crippen LogP contribution >= 0.6 is 23.2 Å². The van der Waals surface area contributed by atoms with Crippen molar-refractivity contribution in [2.75, 3.05) is 13.7 Å². The lowest BCUT2D eigenvalue weighted by molar-refractivity contribution is 0.180. The van der Waals surface area contributed by atoms with Gasteiger partial charge in [-0.1, -0.05) is 29.3 Å². The van der Waals surface area contributed by atoms with E-state index in [1.165, 1.54) is 0 Å². The van der Waals surface area contributed by atoms with Gasteiger partial charge in [-0.25, -0.2) is 0 Å². The van der Waals surface area contributed by atoms with Crippen LogP contribution in [0, 0.1) is 0 Å². The zero-order valence-corrected chi connectivity index (χ0v) is 9.48. The van der Waals surface area contributed by atoms with Crippen molar-refractivity contribution < 1.29 is 4.74 Å². The van der Waals surface area contributed by atoms with Crippen LogP contribution in [0.15, 0.2) is 18.2 Å². The van der Waals surface area contributed by atoms with Crippen LogP contribution in [0.1, 0.15) is 5.56 Å². The fraction of sp³-hybridized carbons (Fsp3) is 0.400. The molecule has 1 unspecified atom stereocenters. The van der Waals surface area contributed by atoms with E-state index in [4.69, 9.17) is 33.7 Å². The summed E-state index contributed by atoms with van der Waals surface area (Å²) in [4.78, 5) is 0. The van der Waals surface area contributed by atoms with Gasteiger partial charge in [0.05, 0.1) is 16.7 Å². The van der Waals surface area contributed by atoms with Crippen molar-refractivity contribution in [3.63, 3.8) is 0 Å². The molecule has 78 valence electrons. The molecule has 1 rings (SSSR count). The Morgan fingerprint density at radius 3 is 2.64 bits per heavy atom. The predicted molar refractivity (Wildman–Crippen MR) is 60.0 cm³/mol. The van der Waals surface area contributed by atoms with Gasteiger partial charge in [-0.3, -0.25) is 0 Å². The first-order valence-corrected chi connectivity index (χ1v) is 5.07. The molecule has 4 heteroatoms. The van der Waals surface area contributed by atoms with Gasteiger partial charge in [0.25, 0.3) is 0 Å². The van der Waals surface area contributed by atoms with Crippen molar-refractivity contribution in [3.8, 4) is 0 Å². The molecule has 0 aliphatic carbocycles. The topological polar surface area (TPSA) is 35.2 Å². The number of hydrogen-bond acceptors (Lipinski definition) is 2. The van der Waals surface area contributed by atoms with Crippen molar-refractivity contribution in [3.05, 3.63) is 33.8 Å². The van der Waals surface area contributed by atoms with Crippen LogP contribution in [0.25, 0.3) is 0 Å². The number of rotatable bonds is 4. The van der Waals surface area contributed by atoms with Gasteiger partial charge in [-0.05, 0) is 24.1 Å². The van der Waals surface area contributed by atoms with E-state index < -0.39 is 0 Å². The lowest BCUT2D eigenvalue weighted by atomic mass is 10.1. The number of benzene rings is 1. The van der Waals surface area contributed by atoms with Gasteiger partial charge in [-0.2, -0.15) is 0 Å². The first-order chi connectivity index (χ1) is 6.63. The summed E-state index contributed by atoms with van der Waals surface area (Å²) in [5, 5.41) is 1.13. The van der Waals surface area contributed by atoms with Gasteiger partial charge < -0.3 is 10.5 Å². The number of ether oxygens (including phenoxy) is 1. The van der Waals surface area contributed by atoms with Crippen LogP contribution in [0.2, 0.25) is 10.0 Å². The van der Waals surface area contributed by atoms with Crippen molar-refractivity contribution in [2.24, 2.45) is 5.73 Å². The highest BCUT2D eigenvalue weighted by Gasteiger charge is 2.05. The Bertz CT molecular complexity index is 304. The van der Waals surface area contributed by atoms with E-state index in [1.54, 1.807) is 13.2 Å². The number of halogens is 2. The van der Waals surface area contributed by atoms with Gasteiger partial charge in [-0.15, -0.1) is 0 Å². The second-order valence-electron chi connectivity index (χ2n) is 3.17. The van der Waals surface area contributed by atoms with Gasteiger partial charge in [0.15, 0.2) is 0 Å². The van der Waals surface area contributed by atoms with Crippen LogP contribution in [0.5, 0.6) is 0 Å². The molecular weight excluding hydrogens is 221 g/mol. The van der Waals surface area contributed by atoms with Gasteiger partial charge in [0.1, 0.15) is 0 Å². The van der Waals surface area contributed by atoms with Crippen LogP contribution in [0.4, 0.5) is 0 Å². The molecular formula is C10H13Cl2NO. The average molecular weight is 234 g/mol. The van der Waals surface area contributed by atoms with E-state index in [-0.39, 0.29) is 6.04 Å². The van der Waals surface area contributed by atoms with E-state index in [2.05, 4.69) is 0 Å². The van der Waals surface area contributed by atoms with Crippen molar-refractivity contribution in [1.29, 1.82) is 0 Å². The monoisotopic (exact) mass is 233 g/mol. The molecule has 0 bridgehead atoms. The Kier molecular flexibility index (Phi) is 4.69. The van der Waals surface area contributed by atoms with E-state index in [1.807, 2.05) is 12.1 Å². The number of hydrogen-bond donors (Lipinski definition) is 1. The summed E-state index contributed by atoms with van der Waals surface area (Å²) in [6.45, 7) is 0.542. The molecule has 0 radical (unpaired) electrons. The smallest absolute Gasteiger partial charge is 0.0616 e. The van der Waals surface area contributed by atoms with Crippen LogP contribution in [-0.4, -0.2) is 19.8 Å². The molecule has 1 aromatic rings. The summed E-state index contributed by atoms with van der Waals surface area (Å²) in [6.07, 6.45) is 0.741. The second-order valence-corrected chi connectivity index (χ2v) is 3.98. The van der Waals surface area contributed by atoms with Crippen molar-refractivity contribution in [2.45, 2.75) is 12.5 Å². The Balaban J connectivity index is 2.63. The average Bonchev–Trinajstić information content (AvgIpc) is 2.12. The molecule has 14 heavy (non-hydrogen) atoms. The van der Waals surface area contributed by atoms with Gasteiger partial charge in [0.2, 0.25) is 0 Å². The maximum atomic E-state index is 5.87. The molecule has 0 aromatic heterocycles. The third-order valence-electron chi connectivity index (χ3n) is 1.86. The highest BCUT2D eigenvalue weighted by atomic mass is 35.5. The first-order valence-electron chi connectivity index (χ1n) is 4.32. The lowest BCUT2D eigenvalue weighted by Gasteiger charge is -2.10. The normalized spacial score (nSPS) is 12.9. The summed E-state index contributed by atoms with van der Waals surface area (Å²) < 4.78 is 4.95. The number of nitrogens with two attached hydrogens (primary N) is 1. The summed E-state index contributed by atoms with van der Waals surface area (Å²) in [5.41, 5.74) is 6.88. The Hall–Kier alpha value is -0.280. The largest absolute Gasteiger partial charge is 0.383 e. The van der Waals surface area contributed by atoms with E-state index in [0.717, 1.165) is 12.0 Å². The number of methoxy groups -OCH3 is 1. The predicted octanol–water partition coefficient (Wildman–Crippen LogP) is 2.51. The minimum absolute atomic E-state index is 0.00255. The fourth-order valence-electron chi connectivity index (χ4n) is 1.24. The zero-order chi connectivity index (χ0) is 10.6. The van der Waals surface area contributed by atoms with Crippen molar-refractivity contribution >= 4 is 23.2 Å². The van der Waals surface area contributed by atoms with E-state index in [9.17, 15) is 0 Å². The molecule has 0 fully saturated rings. The Labute approximate surface area is 94.0 Å². The molecule has 0 saturated heterocycles. The molecule has 0 saturated carbocycles. The minimum atomic E-state index is -0.00255. The summed E-state index contributed by atoms with van der Waals surface area (Å²) >= 11 is 11.7. The third kappa shape index (κ3) is 3.46. The quantitative estimate of drug-likeness (QED) is 0.868. The molecule has 2 nitrogen and oxygen atoms in total. The zero-order valence-electron chi connectivity index (χ0n) is 7.97. The Morgan fingerprint density at radius 1 is 1.36 bits per heavy atom. The molecule has 1 aromatic carbocycles. The molecule has 1 atom stereocenters. The molecule has 0 aliphatic rings. The molecule has 0 heterocycles. The van der Waals surface area contributed by atoms with Crippen LogP contribution in [0.3, 0.4) is 0 Å². The van der Waals surface area contributed by atoms with E-state index in [0.29, 0.717) is 16.7 Å². The van der Waals surface area contributed by atoms with Gasteiger partial charge in [0, 0.05) is 13.2 Å². The first kappa shape index (κ1) is 11.8. The molecule has 2 N–H and O–H groups in total. The van der Waals surface area contributed by atoms with Crippen molar-refractivity contribution in [1.82, 2.24) is 0 Å². The highest BCUT2D eigenvalue weighted by molar-refractivity contribution is 6.42. The van der Waals surface area contributed by atoms with Crippen LogP contribution in [-0.2, 0) is 11.2 Å². The van der Waals surface area contributed by atoms with Crippen LogP contribution < -0.4 is 5.73 Å². The third-order valence-corrected chi connectivity index (χ3v) is 2.60. The fourth-order valence-corrected chi connectivity index (χ4v) is 1.56. The maximum Gasteiger partial charge on any atom is 0.0616 e. The maximum absolute atomic E-state index is 5.87.